The first-order valence-corrected chi connectivity index (χ1v) is 11.9. The summed E-state index contributed by atoms with van der Waals surface area (Å²) >= 11 is 0. The Morgan fingerprint density at radius 1 is 0.973 bits per heavy atom. The van der Waals surface area contributed by atoms with Crippen LogP contribution in [-0.4, -0.2) is 87.5 Å². The number of ether oxygens (including phenoxy) is 1. The number of carbonyl (C=O) groups excluding carboxylic acids is 2. The van der Waals surface area contributed by atoms with E-state index in [1.54, 1.807) is 31.6 Å². The van der Waals surface area contributed by atoms with Crippen molar-refractivity contribution in [2.75, 3.05) is 33.3 Å². The number of ketones is 1. The Bertz CT molecular complexity index is 1050. The van der Waals surface area contributed by atoms with Gasteiger partial charge in [-0.2, -0.15) is 10.5 Å². The summed E-state index contributed by atoms with van der Waals surface area (Å²) in [7, 11) is 1.61. The summed E-state index contributed by atoms with van der Waals surface area (Å²) in [4.78, 5) is 40.0. The van der Waals surface area contributed by atoms with Crippen molar-refractivity contribution in [3.8, 4) is 18.0 Å². The van der Waals surface area contributed by atoms with Crippen molar-refractivity contribution < 1.29 is 39.7 Å². The minimum absolute atomic E-state index is 0.0153. The minimum Gasteiger partial charge on any atom is -0.497 e. The molecule has 2 saturated heterocycles. The Balaban J connectivity index is 0.000000568. The zero-order valence-corrected chi connectivity index (χ0v) is 20.5. The van der Waals surface area contributed by atoms with Crippen molar-refractivity contribution in [1.29, 1.82) is 0 Å². The maximum absolute atomic E-state index is 12.9. The van der Waals surface area contributed by atoms with Crippen LogP contribution in [-0.2, 0) is 9.78 Å². The van der Waals surface area contributed by atoms with Gasteiger partial charge in [0.05, 0.1) is 24.8 Å². The molecule has 3 N–H and O–H groups in total. The maximum atomic E-state index is 12.9. The van der Waals surface area contributed by atoms with Crippen LogP contribution in [0.2, 0.25) is 0 Å². The molecule has 11 nitrogen and oxygen atoms in total. The zero-order valence-electron chi connectivity index (χ0n) is 20.5. The highest BCUT2D eigenvalue weighted by Crippen LogP contribution is 2.27. The van der Waals surface area contributed by atoms with Crippen molar-refractivity contribution in [2.24, 2.45) is 5.92 Å². The number of benzene rings is 1. The number of rotatable bonds is 5. The third-order valence-corrected chi connectivity index (χ3v) is 6.62. The van der Waals surface area contributed by atoms with Gasteiger partial charge in [-0.25, -0.2) is 0 Å². The highest BCUT2D eigenvalue weighted by molar-refractivity contribution is 5.98. The van der Waals surface area contributed by atoms with E-state index in [9.17, 15) is 14.7 Å². The molecule has 2 aromatic rings. The monoisotopic (exact) mass is 513 g/mol. The largest absolute Gasteiger partial charge is 0.497 e. The molecular formula is C26H31N3O8. The molecule has 198 valence electrons. The second-order valence-corrected chi connectivity index (χ2v) is 8.71. The maximum Gasteiger partial charge on any atom is 0.255 e. The van der Waals surface area contributed by atoms with E-state index in [2.05, 4.69) is 19.7 Å². The van der Waals surface area contributed by atoms with E-state index in [1.807, 2.05) is 29.2 Å². The smallest absolute Gasteiger partial charge is 0.255 e. The van der Waals surface area contributed by atoms with E-state index in [0.29, 0.717) is 30.6 Å². The SMILES string of the molecule is COc1ccc(C(=O)C2CCN(C3CN(C(=O)c4cccnc4)CCC3O)CC2)cc1.OOC#COO. The van der Waals surface area contributed by atoms with Crippen molar-refractivity contribution in [3.05, 3.63) is 59.9 Å². The van der Waals surface area contributed by atoms with Gasteiger partial charge in [-0.15, -0.1) is 0 Å². The number of aliphatic hydroxyl groups is 1. The molecule has 0 bridgehead atoms. The van der Waals surface area contributed by atoms with Gasteiger partial charge in [0, 0.05) is 37.0 Å². The average molecular weight is 514 g/mol. The predicted molar refractivity (Wildman–Crippen MR) is 131 cm³/mol. The molecule has 2 unspecified atom stereocenters. The molecular weight excluding hydrogens is 482 g/mol. The molecule has 0 radical (unpaired) electrons. The number of nitrogens with zero attached hydrogens (tertiary/aromatic N) is 3. The van der Waals surface area contributed by atoms with Crippen LogP contribution in [0.25, 0.3) is 0 Å². The molecule has 0 saturated carbocycles. The van der Waals surface area contributed by atoms with Gasteiger partial charge in [0.1, 0.15) is 5.75 Å². The fraction of sp³-hybridized carbons (Fsp3) is 0.423. The molecule has 1 amide bonds. The molecule has 11 heteroatoms. The Labute approximate surface area is 215 Å². The Morgan fingerprint density at radius 3 is 2.22 bits per heavy atom. The van der Waals surface area contributed by atoms with Crippen LogP contribution in [0, 0.1) is 18.1 Å². The summed E-state index contributed by atoms with van der Waals surface area (Å²) in [6, 6.07) is 10.7. The lowest BCUT2D eigenvalue weighted by atomic mass is 9.87. The topological polar surface area (TPSA) is 142 Å². The number of hydrogen-bond acceptors (Lipinski definition) is 10. The number of amides is 1. The summed E-state index contributed by atoms with van der Waals surface area (Å²) in [5, 5.41) is 25.3. The average Bonchev–Trinajstić information content (AvgIpc) is 2.96. The number of piperidine rings is 2. The molecule has 1 aromatic carbocycles. The fourth-order valence-electron chi connectivity index (χ4n) is 4.66. The molecule has 0 spiro atoms. The second kappa shape index (κ2) is 14.2. The highest BCUT2D eigenvalue weighted by Gasteiger charge is 2.37. The lowest BCUT2D eigenvalue weighted by Gasteiger charge is -2.44. The van der Waals surface area contributed by atoms with Gasteiger partial charge in [-0.05, 0) is 68.8 Å². The molecule has 0 aliphatic carbocycles. The second-order valence-electron chi connectivity index (χ2n) is 8.71. The van der Waals surface area contributed by atoms with Gasteiger partial charge >= 0.3 is 0 Å². The van der Waals surface area contributed by atoms with Crippen LogP contribution in [0.5, 0.6) is 5.75 Å². The quantitative estimate of drug-likeness (QED) is 0.236. The normalized spacial score (nSPS) is 19.9. The Hall–Kier alpha value is -3.69. The standard InChI is InChI=1S/C24H29N3O4.C2H2O4/c1-31-20-6-4-17(5-7-20)23(29)18-8-12-26(13-9-18)21-16-27(14-10-22(21)28)24(30)19-3-2-11-25-15-19;3-5-1-2-6-4/h2-7,11,15,18,21-22,28H,8-10,12-14,16H2,1H3;3-4H. The molecule has 2 atom stereocenters. The van der Waals surface area contributed by atoms with Crippen molar-refractivity contribution in [1.82, 2.24) is 14.8 Å². The van der Waals surface area contributed by atoms with Crippen LogP contribution in [0.4, 0.5) is 0 Å². The van der Waals surface area contributed by atoms with E-state index < -0.39 is 6.10 Å². The molecule has 2 fully saturated rings. The highest BCUT2D eigenvalue weighted by atomic mass is 17.1. The van der Waals surface area contributed by atoms with Crippen LogP contribution >= 0.6 is 0 Å². The Kier molecular flexibility index (Phi) is 10.7. The molecule has 4 rings (SSSR count). The summed E-state index contributed by atoms with van der Waals surface area (Å²) in [6.07, 6.45) is 7.89. The number of pyridine rings is 1. The van der Waals surface area contributed by atoms with Gasteiger partial charge < -0.3 is 14.7 Å². The summed E-state index contributed by atoms with van der Waals surface area (Å²) in [5.74, 6) is 0.844. The minimum atomic E-state index is -0.466. The van der Waals surface area contributed by atoms with Crippen LogP contribution in [0.3, 0.4) is 0 Å². The number of aromatic nitrogens is 1. The number of carbonyl (C=O) groups is 2. The lowest BCUT2D eigenvalue weighted by molar-refractivity contribution is -0.188. The summed E-state index contributed by atoms with van der Waals surface area (Å²) in [5.41, 5.74) is 1.28. The predicted octanol–water partition coefficient (Wildman–Crippen LogP) is 2.14. The van der Waals surface area contributed by atoms with Crippen LogP contribution in [0.15, 0.2) is 48.8 Å². The molecule has 2 aliphatic heterocycles. The van der Waals surface area contributed by atoms with Crippen molar-refractivity contribution in [2.45, 2.75) is 31.4 Å². The van der Waals surface area contributed by atoms with Crippen molar-refractivity contribution in [3.63, 3.8) is 0 Å². The third kappa shape index (κ3) is 7.65. The first-order valence-electron chi connectivity index (χ1n) is 11.9. The Morgan fingerprint density at radius 2 is 1.65 bits per heavy atom. The third-order valence-electron chi connectivity index (χ3n) is 6.62. The van der Waals surface area contributed by atoms with Crippen LogP contribution < -0.4 is 4.74 Å². The van der Waals surface area contributed by atoms with E-state index >= 15 is 0 Å². The van der Waals surface area contributed by atoms with Gasteiger partial charge in [0.15, 0.2) is 5.78 Å². The van der Waals surface area contributed by atoms with E-state index in [1.165, 1.54) is 12.2 Å². The molecule has 1 aromatic heterocycles. The lowest BCUT2D eigenvalue weighted by Crippen LogP contribution is -2.58. The summed E-state index contributed by atoms with van der Waals surface area (Å²) in [6.45, 7) is 2.51. The summed E-state index contributed by atoms with van der Waals surface area (Å²) < 4.78 is 5.17. The first kappa shape index (κ1) is 27.9. The van der Waals surface area contributed by atoms with E-state index in [0.717, 1.165) is 31.7 Å². The number of Topliss-reactive ketones (excluding diaryl/α,β-unsaturated/α-hetero) is 1. The van der Waals surface area contributed by atoms with E-state index in [-0.39, 0.29) is 23.7 Å². The van der Waals surface area contributed by atoms with Gasteiger partial charge in [0.2, 0.25) is 12.2 Å². The molecule has 37 heavy (non-hydrogen) atoms. The van der Waals surface area contributed by atoms with Crippen LogP contribution in [0.1, 0.15) is 40.0 Å². The van der Waals surface area contributed by atoms with Gasteiger partial charge in [-0.1, -0.05) is 0 Å². The first-order chi connectivity index (χ1) is 18.0. The molecule has 3 heterocycles. The zero-order chi connectivity index (χ0) is 26.6. The van der Waals surface area contributed by atoms with Gasteiger partial charge in [0.25, 0.3) is 5.91 Å². The van der Waals surface area contributed by atoms with Gasteiger partial charge in [-0.3, -0.25) is 29.2 Å². The number of hydrogen-bond donors (Lipinski definition) is 3. The van der Waals surface area contributed by atoms with Crippen molar-refractivity contribution >= 4 is 11.7 Å². The number of likely N-dealkylation sites (tertiary alicyclic amines) is 2. The number of aliphatic hydroxyl groups excluding tert-OH is 1. The van der Waals surface area contributed by atoms with E-state index in [4.69, 9.17) is 15.3 Å². The number of methoxy groups -OCH3 is 1. The fourth-order valence-corrected chi connectivity index (χ4v) is 4.66. The molecule has 2 aliphatic rings.